The fourth-order valence-corrected chi connectivity index (χ4v) is 1.52. The SMILES string of the molecule is C[C@H]1NCc2cc(F)ccc21. The van der Waals surface area contributed by atoms with Gasteiger partial charge in [-0.2, -0.15) is 0 Å². The molecule has 0 spiro atoms. The minimum Gasteiger partial charge on any atom is -0.306 e. The quantitative estimate of drug-likeness (QED) is 0.598. The number of hydrogen-bond donors (Lipinski definition) is 1. The van der Waals surface area contributed by atoms with E-state index in [1.54, 1.807) is 6.07 Å². The summed E-state index contributed by atoms with van der Waals surface area (Å²) < 4.78 is 12.7. The molecule has 0 saturated heterocycles. The Balaban J connectivity index is 2.50. The lowest BCUT2D eigenvalue weighted by atomic mass is 10.1. The third kappa shape index (κ3) is 1.03. The van der Waals surface area contributed by atoms with Crippen molar-refractivity contribution in [2.24, 2.45) is 0 Å². The van der Waals surface area contributed by atoms with Gasteiger partial charge in [0.2, 0.25) is 0 Å². The number of hydrogen-bond acceptors (Lipinski definition) is 1. The lowest BCUT2D eigenvalue weighted by Crippen LogP contribution is -2.06. The van der Waals surface area contributed by atoms with Gasteiger partial charge >= 0.3 is 0 Å². The summed E-state index contributed by atoms with van der Waals surface area (Å²) in [6.07, 6.45) is 0. The minimum atomic E-state index is -0.139. The van der Waals surface area contributed by atoms with Gasteiger partial charge in [-0.15, -0.1) is 0 Å². The van der Waals surface area contributed by atoms with Crippen molar-refractivity contribution < 1.29 is 4.39 Å². The van der Waals surface area contributed by atoms with Gasteiger partial charge in [0.1, 0.15) is 5.82 Å². The first-order valence-corrected chi connectivity index (χ1v) is 3.79. The van der Waals surface area contributed by atoms with Crippen molar-refractivity contribution >= 4 is 0 Å². The van der Waals surface area contributed by atoms with E-state index in [1.807, 2.05) is 6.07 Å². The van der Waals surface area contributed by atoms with Crippen LogP contribution in [0.1, 0.15) is 24.1 Å². The largest absolute Gasteiger partial charge is 0.306 e. The fraction of sp³-hybridized carbons (Fsp3) is 0.333. The molecule has 0 aliphatic carbocycles. The molecule has 0 radical (unpaired) electrons. The fourth-order valence-electron chi connectivity index (χ4n) is 1.52. The minimum absolute atomic E-state index is 0.139. The predicted octanol–water partition coefficient (Wildman–Crippen LogP) is 1.99. The Morgan fingerprint density at radius 1 is 1.55 bits per heavy atom. The molecule has 1 aliphatic rings. The molecule has 0 fully saturated rings. The highest BCUT2D eigenvalue weighted by atomic mass is 19.1. The average molecular weight is 151 g/mol. The van der Waals surface area contributed by atoms with Crippen LogP contribution < -0.4 is 5.32 Å². The summed E-state index contributed by atoms with van der Waals surface area (Å²) in [5.41, 5.74) is 2.32. The molecule has 11 heavy (non-hydrogen) atoms. The molecule has 58 valence electrons. The van der Waals surface area contributed by atoms with Gasteiger partial charge in [-0.05, 0) is 30.2 Å². The van der Waals surface area contributed by atoms with Crippen LogP contribution in [-0.4, -0.2) is 0 Å². The Morgan fingerprint density at radius 3 is 3.18 bits per heavy atom. The van der Waals surface area contributed by atoms with Crippen molar-refractivity contribution in [3.8, 4) is 0 Å². The summed E-state index contributed by atoms with van der Waals surface area (Å²) >= 11 is 0. The maximum Gasteiger partial charge on any atom is 0.123 e. The molecule has 2 rings (SSSR count). The second kappa shape index (κ2) is 2.31. The first-order chi connectivity index (χ1) is 5.27. The van der Waals surface area contributed by atoms with E-state index in [0.717, 1.165) is 12.1 Å². The van der Waals surface area contributed by atoms with Gasteiger partial charge in [0.25, 0.3) is 0 Å². The van der Waals surface area contributed by atoms with Gasteiger partial charge in [0.15, 0.2) is 0 Å². The molecule has 1 nitrogen and oxygen atoms in total. The molecule has 0 bridgehead atoms. The summed E-state index contributed by atoms with van der Waals surface area (Å²) in [4.78, 5) is 0. The maximum absolute atomic E-state index is 12.7. The van der Waals surface area contributed by atoms with E-state index in [-0.39, 0.29) is 5.82 Å². The molecular weight excluding hydrogens is 141 g/mol. The summed E-state index contributed by atoms with van der Waals surface area (Å²) in [7, 11) is 0. The molecular formula is C9H10FN. The smallest absolute Gasteiger partial charge is 0.123 e. The zero-order valence-corrected chi connectivity index (χ0v) is 6.39. The topological polar surface area (TPSA) is 12.0 Å². The molecule has 1 N–H and O–H groups in total. The highest BCUT2D eigenvalue weighted by Gasteiger charge is 2.16. The van der Waals surface area contributed by atoms with Gasteiger partial charge < -0.3 is 5.32 Å². The first-order valence-electron chi connectivity index (χ1n) is 3.79. The van der Waals surface area contributed by atoms with Crippen LogP contribution in [0.25, 0.3) is 0 Å². The van der Waals surface area contributed by atoms with E-state index in [9.17, 15) is 4.39 Å². The summed E-state index contributed by atoms with van der Waals surface area (Å²) in [6.45, 7) is 2.89. The Bertz CT molecular complexity index is 283. The van der Waals surface area contributed by atoms with Crippen molar-refractivity contribution in [2.75, 3.05) is 0 Å². The Hall–Kier alpha value is -0.890. The molecule has 1 aliphatic heterocycles. The van der Waals surface area contributed by atoms with Crippen molar-refractivity contribution in [3.63, 3.8) is 0 Å². The van der Waals surface area contributed by atoms with Crippen molar-refractivity contribution in [3.05, 3.63) is 35.1 Å². The van der Waals surface area contributed by atoms with Gasteiger partial charge in [0, 0.05) is 12.6 Å². The third-order valence-electron chi connectivity index (χ3n) is 2.17. The first kappa shape index (κ1) is 6.80. The van der Waals surface area contributed by atoms with Crippen LogP contribution in [0.5, 0.6) is 0 Å². The van der Waals surface area contributed by atoms with E-state index < -0.39 is 0 Å². The predicted molar refractivity (Wildman–Crippen MR) is 41.7 cm³/mol. The lowest BCUT2D eigenvalue weighted by Gasteiger charge is -2.02. The molecule has 1 atom stereocenters. The van der Waals surface area contributed by atoms with Crippen LogP contribution in [0.4, 0.5) is 4.39 Å². The molecule has 2 heteroatoms. The number of benzene rings is 1. The number of nitrogens with one attached hydrogen (secondary N) is 1. The van der Waals surface area contributed by atoms with Crippen LogP contribution in [0.15, 0.2) is 18.2 Å². The molecule has 1 heterocycles. The second-order valence-electron chi connectivity index (χ2n) is 2.95. The zero-order chi connectivity index (χ0) is 7.84. The number of fused-ring (bicyclic) bond motifs is 1. The van der Waals surface area contributed by atoms with Crippen LogP contribution in [0.2, 0.25) is 0 Å². The number of rotatable bonds is 0. The van der Waals surface area contributed by atoms with Crippen molar-refractivity contribution in [2.45, 2.75) is 19.5 Å². The summed E-state index contributed by atoms with van der Waals surface area (Å²) in [5, 5.41) is 3.25. The molecule has 0 saturated carbocycles. The highest BCUT2D eigenvalue weighted by molar-refractivity contribution is 5.33. The Kier molecular flexibility index (Phi) is 1.43. The molecule has 1 aromatic carbocycles. The van der Waals surface area contributed by atoms with Crippen LogP contribution in [0, 0.1) is 5.82 Å². The van der Waals surface area contributed by atoms with E-state index in [1.165, 1.54) is 11.6 Å². The van der Waals surface area contributed by atoms with Gasteiger partial charge in [-0.3, -0.25) is 0 Å². The van der Waals surface area contributed by atoms with Crippen molar-refractivity contribution in [1.82, 2.24) is 5.32 Å². The van der Waals surface area contributed by atoms with Crippen molar-refractivity contribution in [1.29, 1.82) is 0 Å². The van der Waals surface area contributed by atoms with Gasteiger partial charge in [-0.1, -0.05) is 6.07 Å². The van der Waals surface area contributed by atoms with Crippen LogP contribution in [-0.2, 0) is 6.54 Å². The zero-order valence-electron chi connectivity index (χ0n) is 6.39. The van der Waals surface area contributed by atoms with E-state index in [4.69, 9.17) is 0 Å². The number of halogens is 1. The molecule has 1 aromatic rings. The Morgan fingerprint density at radius 2 is 2.36 bits per heavy atom. The normalized spacial score (nSPS) is 21.8. The third-order valence-corrected chi connectivity index (χ3v) is 2.17. The monoisotopic (exact) mass is 151 g/mol. The van der Waals surface area contributed by atoms with E-state index in [0.29, 0.717) is 6.04 Å². The summed E-state index contributed by atoms with van der Waals surface area (Å²) in [6, 6.07) is 5.36. The maximum atomic E-state index is 12.7. The molecule has 0 amide bonds. The standard InChI is InChI=1S/C9H10FN/c1-6-9-3-2-8(10)4-7(9)5-11-6/h2-4,6,11H,5H2,1H3/t6-/m1/s1. The average Bonchev–Trinajstić information content (AvgIpc) is 2.32. The molecule has 0 aromatic heterocycles. The van der Waals surface area contributed by atoms with E-state index in [2.05, 4.69) is 12.2 Å². The Labute approximate surface area is 65.2 Å². The van der Waals surface area contributed by atoms with Crippen LogP contribution >= 0.6 is 0 Å². The second-order valence-corrected chi connectivity index (χ2v) is 2.95. The highest BCUT2D eigenvalue weighted by Crippen LogP contribution is 2.24. The summed E-state index contributed by atoms with van der Waals surface area (Å²) in [5.74, 6) is -0.139. The van der Waals surface area contributed by atoms with Gasteiger partial charge in [-0.25, -0.2) is 4.39 Å². The molecule has 0 unspecified atom stereocenters. The van der Waals surface area contributed by atoms with E-state index >= 15 is 0 Å². The lowest BCUT2D eigenvalue weighted by molar-refractivity contribution is 0.625. The van der Waals surface area contributed by atoms with Crippen LogP contribution in [0.3, 0.4) is 0 Å². The van der Waals surface area contributed by atoms with Gasteiger partial charge in [0.05, 0.1) is 0 Å².